The smallest absolute Gasteiger partial charge is 0.303 e. The summed E-state index contributed by atoms with van der Waals surface area (Å²) < 4.78 is 34.1. The zero-order chi connectivity index (χ0) is 30.1. The first-order valence-corrected chi connectivity index (χ1v) is 13.4. The summed E-state index contributed by atoms with van der Waals surface area (Å²) in [4.78, 5) is 47.9. The van der Waals surface area contributed by atoms with Crippen LogP contribution in [0.4, 0.5) is 5.69 Å². The minimum atomic E-state index is -1.33. The molecule has 1 aliphatic rings. The van der Waals surface area contributed by atoms with Gasteiger partial charge in [0.1, 0.15) is 18.5 Å². The van der Waals surface area contributed by atoms with Gasteiger partial charge in [0.15, 0.2) is 12.2 Å². The van der Waals surface area contributed by atoms with Crippen molar-refractivity contribution in [2.24, 2.45) is 0 Å². The van der Waals surface area contributed by atoms with Crippen LogP contribution >= 0.6 is 0 Å². The standard InChI is InChI=1S/C30H37NO10/c1-7-21-8-10-22(11-9-21)14-23-12-13-24(31-6)15-25(23)40-30-29(39-20(5)35)28(38-19(4)34)27(37-18(3)33)26(41-30)16-36-17(2)32/h8-13,15,26-31H,7,14,16H2,1-6H3/t26-,27-,28+,29-,30?/m1/s1. The highest BCUT2D eigenvalue weighted by Crippen LogP contribution is 2.34. The van der Waals surface area contributed by atoms with Crippen molar-refractivity contribution < 1.29 is 47.6 Å². The number of anilines is 1. The summed E-state index contributed by atoms with van der Waals surface area (Å²) >= 11 is 0. The molecule has 0 aromatic heterocycles. The number of aryl methyl sites for hydroxylation is 1. The van der Waals surface area contributed by atoms with Crippen molar-refractivity contribution in [3.8, 4) is 5.75 Å². The monoisotopic (exact) mass is 571 g/mol. The average molecular weight is 572 g/mol. The molecule has 0 aliphatic carbocycles. The summed E-state index contributed by atoms with van der Waals surface area (Å²) in [6.07, 6.45) is -4.91. The highest BCUT2D eigenvalue weighted by atomic mass is 16.7. The number of carbonyl (C=O) groups excluding carboxylic acids is 4. The van der Waals surface area contributed by atoms with Gasteiger partial charge < -0.3 is 33.7 Å². The van der Waals surface area contributed by atoms with E-state index in [4.69, 9.17) is 28.4 Å². The molecule has 2 aromatic rings. The first-order chi connectivity index (χ1) is 19.5. The summed E-state index contributed by atoms with van der Waals surface area (Å²) in [6, 6.07) is 13.8. The second-order valence-corrected chi connectivity index (χ2v) is 9.60. The van der Waals surface area contributed by atoms with E-state index in [2.05, 4.69) is 24.4 Å². The molecular formula is C30H37NO10. The number of hydrogen-bond acceptors (Lipinski definition) is 11. The molecule has 2 aromatic carbocycles. The van der Waals surface area contributed by atoms with Crippen LogP contribution in [0.15, 0.2) is 42.5 Å². The molecule has 0 spiro atoms. The van der Waals surface area contributed by atoms with Crippen molar-refractivity contribution in [2.45, 2.75) is 78.2 Å². The van der Waals surface area contributed by atoms with E-state index in [9.17, 15) is 19.2 Å². The van der Waals surface area contributed by atoms with Crippen molar-refractivity contribution in [3.05, 3.63) is 59.2 Å². The number of hydrogen-bond donors (Lipinski definition) is 1. The van der Waals surface area contributed by atoms with Crippen LogP contribution in [0.3, 0.4) is 0 Å². The van der Waals surface area contributed by atoms with E-state index in [1.165, 1.54) is 33.3 Å². The lowest BCUT2D eigenvalue weighted by atomic mass is 9.97. The lowest BCUT2D eigenvalue weighted by molar-refractivity contribution is -0.288. The van der Waals surface area contributed by atoms with Gasteiger partial charge in [-0.3, -0.25) is 19.2 Å². The molecule has 1 fully saturated rings. The first kappa shape index (κ1) is 31.4. The van der Waals surface area contributed by atoms with Crippen LogP contribution < -0.4 is 10.1 Å². The lowest BCUT2D eigenvalue weighted by Gasteiger charge is -2.44. The van der Waals surface area contributed by atoms with E-state index in [1.54, 1.807) is 13.1 Å². The maximum atomic E-state index is 12.2. The van der Waals surface area contributed by atoms with Crippen molar-refractivity contribution >= 4 is 29.6 Å². The fourth-order valence-electron chi connectivity index (χ4n) is 4.49. The molecule has 3 rings (SSSR count). The SMILES string of the molecule is CCc1ccc(Cc2ccc(NC)cc2OC2O[C@H](COC(C)=O)[C@@H](OC(C)=O)[C@H](OC(C)=O)[C@H]2OC(C)=O)cc1. The first-order valence-electron chi connectivity index (χ1n) is 13.4. The average Bonchev–Trinajstić information content (AvgIpc) is 2.91. The second kappa shape index (κ2) is 14.5. The maximum absolute atomic E-state index is 12.2. The fraction of sp³-hybridized carbons (Fsp3) is 0.467. The van der Waals surface area contributed by atoms with Crippen molar-refractivity contribution in [3.63, 3.8) is 0 Å². The van der Waals surface area contributed by atoms with E-state index in [-0.39, 0.29) is 6.61 Å². The van der Waals surface area contributed by atoms with Crippen LogP contribution in [0.25, 0.3) is 0 Å². The van der Waals surface area contributed by atoms with E-state index in [1.807, 2.05) is 24.3 Å². The van der Waals surface area contributed by atoms with Gasteiger partial charge in [0.25, 0.3) is 0 Å². The Hall–Kier alpha value is -4.12. The van der Waals surface area contributed by atoms with E-state index in [0.29, 0.717) is 12.2 Å². The Morgan fingerprint density at radius 3 is 1.93 bits per heavy atom. The quantitative estimate of drug-likeness (QED) is 0.314. The Morgan fingerprint density at radius 2 is 1.37 bits per heavy atom. The van der Waals surface area contributed by atoms with E-state index < -0.39 is 54.6 Å². The molecule has 1 unspecified atom stereocenters. The van der Waals surface area contributed by atoms with E-state index >= 15 is 0 Å². The minimum absolute atomic E-state index is 0.342. The third-order valence-corrected chi connectivity index (χ3v) is 6.37. The molecule has 1 N–H and O–H groups in total. The van der Waals surface area contributed by atoms with Gasteiger partial charge in [-0.1, -0.05) is 37.3 Å². The Morgan fingerprint density at radius 1 is 0.780 bits per heavy atom. The summed E-state index contributed by atoms with van der Waals surface area (Å²) in [5, 5.41) is 3.07. The molecule has 0 bridgehead atoms. The number of carbonyl (C=O) groups is 4. The Balaban J connectivity index is 2.04. The molecule has 11 heteroatoms. The maximum Gasteiger partial charge on any atom is 0.303 e. The van der Waals surface area contributed by atoms with Gasteiger partial charge >= 0.3 is 23.9 Å². The van der Waals surface area contributed by atoms with Crippen LogP contribution in [0.5, 0.6) is 5.75 Å². The number of esters is 4. The predicted molar refractivity (Wildman–Crippen MR) is 147 cm³/mol. The van der Waals surface area contributed by atoms with Crippen molar-refractivity contribution in [2.75, 3.05) is 19.0 Å². The van der Waals surface area contributed by atoms with Gasteiger partial charge in [-0.15, -0.1) is 0 Å². The van der Waals surface area contributed by atoms with Crippen LogP contribution in [0.1, 0.15) is 51.3 Å². The summed E-state index contributed by atoms with van der Waals surface area (Å²) in [5.74, 6) is -2.31. The van der Waals surface area contributed by atoms with Crippen molar-refractivity contribution in [1.29, 1.82) is 0 Å². The van der Waals surface area contributed by atoms with Gasteiger partial charge in [0.05, 0.1) is 0 Å². The molecule has 0 saturated carbocycles. The molecule has 41 heavy (non-hydrogen) atoms. The Kier molecular flexibility index (Phi) is 11.1. The lowest BCUT2D eigenvalue weighted by Crippen LogP contribution is -2.63. The van der Waals surface area contributed by atoms with Crippen LogP contribution in [-0.4, -0.2) is 68.2 Å². The minimum Gasteiger partial charge on any atom is -0.463 e. The van der Waals surface area contributed by atoms with Crippen LogP contribution in [-0.2, 0) is 55.7 Å². The van der Waals surface area contributed by atoms with Crippen LogP contribution in [0.2, 0.25) is 0 Å². The van der Waals surface area contributed by atoms with Crippen molar-refractivity contribution in [1.82, 2.24) is 0 Å². The van der Waals surface area contributed by atoms with Gasteiger partial charge in [0, 0.05) is 52.9 Å². The van der Waals surface area contributed by atoms with E-state index in [0.717, 1.165) is 23.2 Å². The number of rotatable bonds is 11. The topological polar surface area (TPSA) is 136 Å². The number of nitrogens with one attached hydrogen (secondary N) is 1. The highest BCUT2D eigenvalue weighted by Gasteiger charge is 2.53. The fourth-order valence-corrected chi connectivity index (χ4v) is 4.49. The molecule has 11 nitrogen and oxygen atoms in total. The van der Waals surface area contributed by atoms with Gasteiger partial charge in [-0.05, 0) is 29.2 Å². The molecule has 1 saturated heterocycles. The zero-order valence-electron chi connectivity index (χ0n) is 24.1. The van der Waals surface area contributed by atoms with Gasteiger partial charge in [0.2, 0.25) is 12.4 Å². The van der Waals surface area contributed by atoms with Gasteiger partial charge in [-0.25, -0.2) is 0 Å². The normalized spacial score (nSPS) is 21.8. The summed E-state index contributed by atoms with van der Waals surface area (Å²) in [7, 11) is 1.76. The Bertz CT molecular complexity index is 1230. The molecule has 0 amide bonds. The molecule has 222 valence electrons. The predicted octanol–water partition coefficient (Wildman–Crippen LogP) is 3.34. The number of ether oxygens (including phenoxy) is 6. The largest absolute Gasteiger partial charge is 0.463 e. The van der Waals surface area contributed by atoms with Crippen LogP contribution in [0, 0.1) is 0 Å². The summed E-state index contributed by atoms with van der Waals surface area (Å²) in [5.41, 5.74) is 3.82. The summed E-state index contributed by atoms with van der Waals surface area (Å²) in [6.45, 7) is 6.47. The molecule has 5 atom stereocenters. The highest BCUT2D eigenvalue weighted by molar-refractivity contribution is 5.68. The van der Waals surface area contributed by atoms with Gasteiger partial charge in [-0.2, -0.15) is 0 Å². The third kappa shape index (κ3) is 8.94. The molecule has 1 heterocycles. The zero-order valence-corrected chi connectivity index (χ0v) is 24.1. The second-order valence-electron chi connectivity index (χ2n) is 9.60. The third-order valence-electron chi connectivity index (χ3n) is 6.37. The Labute approximate surface area is 239 Å². The molecule has 1 aliphatic heterocycles. The molecular weight excluding hydrogens is 534 g/mol. The number of benzene rings is 2. The molecule has 0 radical (unpaired) electrons.